The molecular weight excluding hydrogens is 1000 g/mol. The molecule has 0 bridgehead atoms. The number of para-hydroxylation sites is 1. The van der Waals surface area contributed by atoms with Crippen LogP contribution in [0.3, 0.4) is 0 Å². The van der Waals surface area contributed by atoms with Gasteiger partial charge < -0.3 is 9.80 Å². The lowest BCUT2D eigenvalue weighted by atomic mass is 9.33. The molecule has 2 aliphatic rings. The minimum absolute atomic E-state index is 0.183. The third-order valence-electron chi connectivity index (χ3n) is 17.4. The molecule has 0 atom stereocenters. The Morgan fingerprint density at radius 3 is 1.08 bits per heavy atom. The summed E-state index contributed by atoms with van der Waals surface area (Å²) in [4.78, 5) is 15.3. The highest BCUT2D eigenvalue weighted by atomic mass is 15.2. The maximum Gasteiger partial charge on any atom is 0.252 e. The molecule has 1 aromatic heterocycles. The molecule has 3 heterocycles. The Kier molecular flexibility index (Phi) is 10.7. The summed E-state index contributed by atoms with van der Waals surface area (Å²) in [7, 11) is 0. The van der Waals surface area contributed by atoms with Crippen molar-refractivity contribution in [1.82, 2.24) is 9.97 Å². The van der Waals surface area contributed by atoms with Crippen LogP contribution in [0, 0.1) is 0 Å². The van der Waals surface area contributed by atoms with Crippen LogP contribution in [0.1, 0.15) is 0 Å². The molecule has 14 aromatic carbocycles. The van der Waals surface area contributed by atoms with Crippen molar-refractivity contribution in [2.45, 2.75) is 0 Å². The van der Waals surface area contributed by atoms with E-state index < -0.39 is 0 Å². The molecule has 0 fully saturated rings. The molecule has 384 valence electrons. The van der Waals surface area contributed by atoms with E-state index in [1.807, 2.05) is 0 Å². The second-order valence-electron chi connectivity index (χ2n) is 22.1. The van der Waals surface area contributed by atoms with E-state index in [2.05, 4.69) is 301 Å². The zero-order valence-electron chi connectivity index (χ0n) is 45.2. The second kappa shape index (κ2) is 18.9. The minimum atomic E-state index is -0.183. The number of fused-ring (bicyclic) bond motifs is 11. The van der Waals surface area contributed by atoms with Gasteiger partial charge in [-0.15, -0.1) is 0 Å². The smallest absolute Gasteiger partial charge is 0.252 e. The molecule has 0 saturated heterocycles. The molecule has 0 N–H and O–H groups in total. The monoisotopic (exact) mass is 1050 g/mol. The van der Waals surface area contributed by atoms with Crippen molar-refractivity contribution in [1.29, 1.82) is 0 Å². The van der Waals surface area contributed by atoms with Gasteiger partial charge in [0.05, 0.1) is 11.2 Å². The fraction of sp³-hybridized carbons (Fsp3) is 0. The maximum atomic E-state index is 5.24. The highest BCUT2D eigenvalue weighted by Crippen LogP contribution is 2.50. The van der Waals surface area contributed by atoms with Crippen LogP contribution in [0.15, 0.2) is 298 Å². The molecule has 0 unspecified atom stereocenters. The Bertz CT molecular complexity index is 4710. The third kappa shape index (κ3) is 7.70. The van der Waals surface area contributed by atoms with Crippen LogP contribution in [0.5, 0.6) is 0 Å². The van der Waals surface area contributed by atoms with Gasteiger partial charge in [0, 0.05) is 45.1 Å². The first kappa shape index (κ1) is 47.0. The van der Waals surface area contributed by atoms with Gasteiger partial charge in [-0.1, -0.05) is 224 Å². The number of hydrogen-bond acceptors (Lipinski definition) is 4. The molecule has 17 rings (SSSR count). The number of aromatic nitrogens is 2. The summed E-state index contributed by atoms with van der Waals surface area (Å²) in [6.07, 6.45) is 1.73. The fourth-order valence-electron chi connectivity index (χ4n) is 13.6. The van der Waals surface area contributed by atoms with Crippen LogP contribution in [0.2, 0.25) is 0 Å². The van der Waals surface area contributed by atoms with Crippen molar-refractivity contribution in [2.24, 2.45) is 0 Å². The zero-order chi connectivity index (χ0) is 54.5. The zero-order valence-corrected chi connectivity index (χ0v) is 45.2. The van der Waals surface area contributed by atoms with Crippen LogP contribution in [-0.2, 0) is 0 Å². The molecule has 83 heavy (non-hydrogen) atoms. The topological polar surface area (TPSA) is 32.3 Å². The third-order valence-corrected chi connectivity index (χ3v) is 17.4. The van der Waals surface area contributed by atoms with Crippen molar-refractivity contribution in [3.8, 4) is 55.8 Å². The lowest BCUT2D eigenvalue weighted by molar-refractivity contribution is 1.22. The standard InChI is InChI=1S/C78H49BN4/c1-5-19-50(20-6-1)58-37-59(51-21-7-2-8-22-51)40-63(39-58)82-73-47-68-56(35-33-54-27-13-15-29-65(54)68)43-70(73)79-71-44-57-36-34-55-28-14-16-30-66(55)69(57)48-74(71)83(64-41-60(52-23-9-3-10-24-52)38-61(42-64)53-25-11-4-12-26-53)76-46-62(45-75(82)77(76)79)78-67-31-17-18-32-72(67)80-49-81-78/h1-49H. The Morgan fingerprint density at radius 2 is 0.639 bits per heavy atom. The second-order valence-corrected chi connectivity index (χ2v) is 22.1. The predicted octanol–water partition coefficient (Wildman–Crippen LogP) is 18.7. The maximum absolute atomic E-state index is 5.24. The molecular formula is C78H49BN4. The van der Waals surface area contributed by atoms with Crippen LogP contribution >= 0.6 is 0 Å². The largest absolute Gasteiger partial charge is 0.311 e. The molecule has 0 aliphatic carbocycles. The van der Waals surface area contributed by atoms with E-state index in [0.29, 0.717) is 0 Å². The Labute approximate surface area is 481 Å². The lowest BCUT2D eigenvalue weighted by Gasteiger charge is -2.45. The van der Waals surface area contributed by atoms with E-state index in [1.54, 1.807) is 6.33 Å². The Hall–Kier alpha value is -10.9. The first-order valence-corrected chi connectivity index (χ1v) is 28.5. The van der Waals surface area contributed by atoms with Crippen molar-refractivity contribution >= 4 is 111 Å². The van der Waals surface area contributed by atoms with Gasteiger partial charge in [0.15, 0.2) is 0 Å². The van der Waals surface area contributed by atoms with E-state index >= 15 is 0 Å². The van der Waals surface area contributed by atoms with Crippen LogP contribution in [0.25, 0.3) is 110 Å². The molecule has 0 spiro atoms. The molecule has 0 radical (unpaired) electrons. The van der Waals surface area contributed by atoms with Gasteiger partial charge >= 0.3 is 0 Å². The minimum Gasteiger partial charge on any atom is -0.311 e. The molecule has 0 amide bonds. The van der Waals surface area contributed by atoms with Crippen LogP contribution in [-0.4, -0.2) is 16.7 Å². The molecule has 2 aliphatic heterocycles. The average molecular weight is 1050 g/mol. The van der Waals surface area contributed by atoms with Crippen molar-refractivity contribution < 1.29 is 0 Å². The van der Waals surface area contributed by atoms with Gasteiger partial charge in [0.1, 0.15) is 6.33 Å². The van der Waals surface area contributed by atoms with Crippen LogP contribution < -0.4 is 26.2 Å². The average Bonchev–Trinajstić information content (AvgIpc) is 0.967. The summed E-state index contributed by atoms with van der Waals surface area (Å²) in [5, 5.41) is 10.7. The molecule has 0 saturated carbocycles. The van der Waals surface area contributed by atoms with Crippen molar-refractivity contribution in [3.63, 3.8) is 0 Å². The predicted molar refractivity (Wildman–Crippen MR) is 351 cm³/mol. The number of nitrogens with zero attached hydrogens (tertiary/aromatic N) is 4. The van der Waals surface area contributed by atoms with E-state index in [9.17, 15) is 0 Å². The summed E-state index contributed by atoms with van der Waals surface area (Å²) >= 11 is 0. The van der Waals surface area contributed by atoms with Gasteiger partial charge in [0.25, 0.3) is 6.71 Å². The summed E-state index contributed by atoms with van der Waals surface area (Å²) in [5.74, 6) is 0. The van der Waals surface area contributed by atoms with Gasteiger partial charge in [-0.2, -0.15) is 0 Å². The summed E-state index contributed by atoms with van der Waals surface area (Å²) in [6.45, 7) is -0.183. The van der Waals surface area contributed by atoms with Crippen LogP contribution in [0.4, 0.5) is 34.1 Å². The van der Waals surface area contributed by atoms with Gasteiger partial charge in [0.2, 0.25) is 0 Å². The van der Waals surface area contributed by atoms with Crippen molar-refractivity contribution in [2.75, 3.05) is 9.80 Å². The van der Waals surface area contributed by atoms with Gasteiger partial charge in [-0.3, -0.25) is 0 Å². The molecule has 5 heteroatoms. The Balaban J connectivity index is 1.05. The first-order valence-electron chi connectivity index (χ1n) is 28.5. The van der Waals surface area contributed by atoms with Gasteiger partial charge in [-0.25, -0.2) is 9.97 Å². The SMILES string of the molecule is c1ccc(-c2cc(-c3ccccc3)cc(N3c4cc5c(ccc6ccccc65)cc4B4c5cc6ccc7ccccc7c6cc5N(c5cc(-c6ccccc6)cc(-c6ccccc6)c5)c5cc(-c6ncnc7ccccc67)cc3c54)c2)cc1. The van der Waals surface area contributed by atoms with Crippen molar-refractivity contribution in [3.05, 3.63) is 298 Å². The fourth-order valence-corrected chi connectivity index (χ4v) is 13.6. The lowest BCUT2D eigenvalue weighted by Crippen LogP contribution is -2.61. The van der Waals surface area contributed by atoms with E-state index in [1.165, 1.54) is 59.5 Å². The van der Waals surface area contributed by atoms with E-state index in [4.69, 9.17) is 9.97 Å². The summed E-state index contributed by atoms with van der Waals surface area (Å²) in [6, 6.07) is 108. The van der Waals surface area contributed by atoms with E-state index in [0.717, 1.165) is 101 Å². The highest BCUT2D eigenvalue weighted by molar-refractivity contribution is 7.00. The normalized spacial score (nSPS) is 12.5. The van der Waals surface area contributed by atoms with Gasteiger partial charge in [-0.05, 0) is 171 Å². The number of rotatable bonds is 7. The number of benzene rings is 14. The molecule has 4 nitrogen and oxygen atoms in total. The quantitative estimate of drug-likeness (QED) is 0.118. The highest BCUT2D eigenvalue weighted by Gasteiger charge is 2.45. The Morgan fingerprint density at radius 1 is 0.253 bits per heavy atom. The summed E-state index contributed by atoms with van der Waals surface area (Å²) in [5.41, 5.74) is 22.3. The first-order chi connectivity index (χ1) is 41.1. The van der Waals surface area contributed by atoms with E-state index in [-0.39, 0.29) is 6.71 Å². The summed E-state index contributed by atoms with van der Waals surface area (Å²) < 4.78 is 0. The number of hydrogen-bond donors (Lipinski definition) is 0. The number of anilines is 6. The molecule has 15 aromatic rings.